The second kappa shape index (κ2) is 6.95. The Morgan fingerprint density at radius 1 is 1.22 bits per heavy atom. The van der Waals surface area contributed by atoms with Crippen molar-refractivity contribution in [3.8, 4) is 5.75 Å². The molecule has 4 N–H and O–H groups in total. The third kappa shape index (κ3) is 3.68. The van der Waals surface area contributed by atoms with Crippen molar-refractivity contribution in [1.29, 1.82) is 0 Å². The summed E-state index contributed by atoms with van der Waals surface area (Å²) < 4.78 is 36.9. The Morgan fingerprint density at radius 2 is 1.96 bits per heavy atom. The second-order valence-electron chi connectivity index (χ2n) is 4.79. The number of rotatable bonds is 5. The molecule has 0 spiro atoms. The highest BCUT2D eigenvalue weighted by Crippen LogP contribution is 2.28. The van der Waals surface area contributed by atoms with E-state index in [-0.39, 0.29) is 17.0 Å². The topological polar surface area (TPSA) is 87.6 Å². The number of anilines is 2. The van der Waals surface area contributed by atoms with Gasteiger partial charge in [-0.1, -0.05) is 6.07 Å². The van der Waals surface area contributed by atoms with E-state index in [4.69, 9.17) is 16.2 Å². The van der Waals surface area contributed by atoms with E-state index < -0.39 is 24.6 Å². The maximum Gasteiger partial charge on any atom is 0.339 e. The van der Waals surface area contributed by atoms with Gasteiger partial charge in [0.05, 0.1) is 12.7 Å². The standard InChI is InChI=1S/C16H16F2N2O3/c1-22-16(21)11-4-2-9(6-13(11)20)15(8-17)23-14-7-10(19)3-5-12(14)18/h2-7,15H,8,19-20H2,1H3. The van der Waals surface area contributed by atoms with Gasteiger partial charge in [-0.3, -0.25) is 0 Å². The number of hydrogen-bond donors (Lipinski definition) is 2. The van der Waals surface area contributed by atoms with Crippen LogP contribution in [0.15, 0.2) is 36.4 Å². The molecule has 0 amide bonds. The molecule has 0 fully saturated rings. The van der Waals surface area contributed by atoms with Crippen molar-refractivity contribution >= 4 is 17.3 Å². The lowest BCUT2D eigenvalue weighted by Crippen LogP contribution is -2.13. The molecule has 2 rings (SSSR count). The summed E-state index contributed by atoms with van der Waals surface area (Å²) >= 11 is 0. The molecule has 0 aliphatic heterocycles. The highest BCUT2D eigenvalue weighted by atomic mass is 19.1. The third-order valence-corrected chi connectivity index (χ3v) is 3.22. The lowest BCUT2D eigenvalue weighted by atomic mass is 10.1. The molecule has 0 aliphatic rings. The smallest absolute Gasteiger partial charge is 0.339 e. The minimum absolute atomic E-state index is 0.115. The summed E-state index contributed by atoms with van der Waals surface area (Å²) in [6.45, 7) is -0.911. The van der Waals surface area contributed by atoms with E-state index in [9.17, 15) is 13.6 Å². The Balaban J connectivity index is 2.29. The third-order valence-electron chi connectivity index (χ3n) is 3.22. The monoisotopic (exact) mass is 322 g/mol. The summed E-state index contributed by atoms with van der Waals surface area (Å²) in [7, 11) is 1.23. The average molecular weight is 322 g/mol. The van der Waals surface area contributed by atoms with Gasteiger partial charge in [-0.15, -0.1) is 0 Å². The normalized spacial score (nSPS) is 11.8. The summed E-state index contributed by atoms with van der Waals surface area (Å²) in [5, 5.41) is 0. The van der Waals surface area contributed by atoms with Crippen LogP contribution in [0.2, 0.25) is 0 Å². The maximum atomic E-state index is 13.7. The van der Waals surface area contributed by atoms with Gasteiger partial charge >= 0.3 is 5.97 Å². The van der Waals surface area contributed by atoms with Gasteiger partial charge in [0.25, 0.3) is 0 Å². The van der Waals surface area contributed by atoms with Crippen LogP contribution >= 0.6 is 0 Å². The fraction of sp³-hybridized carbons (Fsp3) is 0.188. The van der Waals surface area contributed by atoms with E-state index >= 15 is 0 Å². The van der Waals surface area contributed by atoms with Gasteiger partial charge in [-0.05, 0) is 29.8 Å². The number of esters is 1. The number of hydrogen-bond acceptors (Lipinski definition) is 5. The summed E-state index contributed by atoms with van der Waals surface area (Å²) in [6, 6.07) is 8.03. The first-order valence-corrected chi connectivity index (χ1v) is 6.71. The second-order valence-corrected chi connectivity index (χ2v) is 4.79. The van der Waals surface area contributed by atoms with Crippen molar-refractivity contribution < 1.29 is 23.0 Å². The number of benzene rings is 2. The average Bonchev–Trinajstić information content (AvgIpc) is 2.54. The molecule has 0 aromatic heterocycles. The van der Waals surface area contributed by atoms with Crippen molar-refractivity contribution in [2.45, 2.75) is 6.10 Å². The van der Waals surface area contributed by atoms with E-state index in [1.807, 2.05) is 0 Å². The van der Waals surface area contributed by atoms with Crippen LogP contribution in [-0.2, 0) is 4.74 Å². The molecule has 0 radical (unpaired) electrons. The first kappa shape index (κ1) is 16.5. The molecule has 1 unspecified atom stereocenters. The SMILES string of the molecule is COC(=O)c1ccc(C(CF)Oc2cc(N)ccc2F)cc1N. The van der Waals surface area contributed by atoms with Crippen LogP contribution in [0.5, 0.6) is 5.75 Å². The number of nitrogen functional groups attached to an aromatic ring is 2. The predicted octanol–water partition coefficient (Wildman–Crippen LogP) is 2.87. The highest BCUT2D eigenvalue weighted by Gasteiger charge is 2.18. The van der Waals surface area contributed by atoms with Crippen LogP contribution in [0, 0.1) is 5.82 Å². The molecule has 1 atom stereocenters. The number of carbonyl (C=O) groups excluding carboxylic acids is 1. The minimum Gasteiger partial charge on any atom is -0.480 e. The molecule has 122 valence electrons. The van der Waals surface area contributed by atoms with Crippen molar-refractivity contribution in [2.75, 3.05) is 25.3 Å². The fourth-order valence-electron chi connectivity index (χ4n) is 2.03. The van der Waals surface area contributed by atoms with Gasteiger partial charge in [0, 0.05) is 17.4 Å². The first-order valence-electron chi connectivity index (χ1n) is 6.71. The van der Waals surface area contributed by atoms with Crippen LogP contribution in [-0.4, -0.2) is 19.8 Å². The summed E-state index contributed by atoms with van der Waals surface area (Å²) in [4.78, 5) is 11.5. The molecule has 2 aromatic carbocycles. The Morgan fingerprint density at radius 3 is 2.57 bits per heavy atom. The molecular formula is C16H16F2N2O3. The highest BCUT2D eigenvalue weighted by molar-refractivity contribution is 5.95. The number of nitrogens with two attached hydrogens (primary N) is 2. The molecule has 5 nitrogen and oxygen atoms in total. The number of halogens is 2. The largest absolute Gasteiger partial charge is 0.480 e. The van der Waals surface area contributed by atoms with Gasteiger partial charge in [0.2, 0.25) is 0 Å². The Hall–Kier alpha value is -2.83. The lowest BCUT2D eigenvalue weighted by Gasteiger charge is -2.18. The molecular weight excluding hydrogens is 306 g/mol. The first-order chi connectivity index (χ1) is 11.0. The summed E-state index contributed by atoms with van der Waals surface area (Å²) in [5.41, 5.74) is 12.3. The van der Waals surface area contributed by atoms with E-state index in [1.165, 1.54) is 37.4 Å². The molecule has 0 aliphatic carbocycles. The van der Waals surface area contributed by atoms with Crippen molar-refractivity contribution in [1.82, 2.24) is 0 Å². The van der Waals surface area contributed by atoms with Crippen molar-refractivity contribution in [3.63, 3.8) is 0 Å². The van der Waals surface area contributed by atoms with Crippen molar-refractivity contribution in [3.05, 3.63) is 53.3 Å². The fourth-order valence-corrected chi connectivity index (χ4v) is 2.03. The zero-order valence-corrected chi connectivity index (χ0v) is 12.4. The van der Waals surface area contributed by atoms with Crippen LogP contribution in [0.3, 0.4) is 0 Å². The molecule has 2 aromatic rings. The van der Waals surface area contributed by atoms with Gasteiger partial charge in [0.15, 0.2) is 17.7 Å². The van der Waals surface area contributed by atoms with E-state index in [2.05, 4.69) is 4.74 Å². The molecule has 0 bridgehead atoms. The zero-order valence-electron chi connectivity index (χ0n) is 12.4. The maximum absolute atomic E-state index is 13.7. The molecule has 0 saturated heterocycles. The van der Waals surface area contributed by atoms with Crippen LogP contribution in [0.1, 0.15) is 22.0 Å². The number of carbonyl (C=O) groups is 1. The number of ether oxygens (including phenoxy) is 2. The Bertz CT molecular complexity index is 722. The molecule has 0 saturated carbocycles. The van der Waals surface area contributed by atoms with Crippen LogP contribution in [0.25, 0.3) is 0 Å². The Kier molecular flexibility index (Phi) is 5.00. The van der Waals surface area contributed by atoms with E-state index in [1.54, 1.807) is 0 Å². The Labute approximate surface area is 131 Å². The zero-order chi connectivity index (χ0) is 17.0. The van der Waals surface area contributed by atoms with Crippen LogP contribution < -0.4 is 16.2 Å². The lowest BCUT2D eigenvalue weighted by molar-refractivity contribution is 0.0602. The quantitative estimate of drug-likeness (QED) is 0.653. The molecule has 7 heteroatoms. The number of methoxy groups -OCH3 is 1. The number of alkyl halides is 1. The van der Waals surface area contributed by atoms with Crippen molar-refractivity contribution in [2.24, 2.45) is 0 Å². The minimum atomic E-state index is -1.08. The van der Waals surface area contributed by atoms with E-state index in [0.717, 1.165) is 6.07 Å². The van der Waals surface area contributed by atoms with Gasteiger partial charge in [-0.25, -0.2) is 13.6 Å². The van der Waals surface area contributed by atoms with Gasteiger partial charge < -0.3 is 20.9 Å². The predicted molar refractivity (Wildman–Crippen MR) is 82.4 cm³/mol. The molecule has 0 heterocycles. The van der Waals surface area contributed by atoms with E-state index in [0.29, 0.717) is 11.3 Å². The van der Waals surface area contributed by atoms with Gasteiger partial charge in [0.1, 0.15) is 6.67 Å². The van der Waals surface area contributed by atoms with Gasteiger partial charge in [-0.2, -0.15) is 0 Å². The summed E-state index contributed by atoms with van der Waals surface area (Å²) in [5.74, 6) is -1.42. The summed E-state index contributed by atoms with van der Waals surface area (Å²) in [6.07, 6.45) is -1.08. The molecule has 23 heavy (non-hydrogen) atoms. The van der Waals surface area contributed by atoms with Crippen LogP contribution in [0.4, 0.5) is 20.2 Å².